The fraction of sp³-hybridized carbons (Fsp3) is 0.211. The maximum atomic E-state index is 12.1. The summed E-state index contributed by atoms with van der Waals surface area (Å²) in [6, 6.07) is 10.2. The molecular formula is C19H18BrClN2O5. The number of esters is 1. The molecule has 0 heterocycles. The molecule has 0 radical (unpaired) electrons. The van der Waals surface area contributed by atoms with Crippen molar-refractivity contribution < 1.29 is 23.8 Å². The molecule has 1 amide bonds. The number of hydrogen-bond acceptors (Lipinski definition) is 6. The molecule has 0 atom stereocenters. The summed E-state index contributed by atoms with van der Waals surface area (Å²) in [6.07, 6.45) is 1.41. The lowest BCUT2D eigenvalue weighted by atomic mass is 10.2. The normalized spacial score (nSPS) is 10.6. The van der Waals surface area contributed by atoms with Gasteiger partial charge in [0.05, 0.1) is 30.5 Å². The lowest BCUT2D eigenvalue weighted by Crippen LogP contribution is -2.18. The topological polar surface area (TPSA) is 86.2 Å². The van der Waals surface area contributed by atoms with Crippen LogP contribution in [0, 0.1) is 0 Å². The highest BCUT2D eigenvalue weighted by molar-refractivity contribution is 9.10. The summed E-state index contributed by atoms with van der Waals surface area (Å²) in [4.78, 5) is 23.6. The van der Waals surface area contributed by atoms with Gasteiger partial charge in [-0.3, -0.25) is 4.79 Å². The van der Waals surface area contributed by atoms with E-state index >= 15 is 0 Å². The van der Waals surface area contributed by atoms with Gasteiger partial charge in [0.15, 0.2) is 18.1 Å². The number of carbonyl (C=O) groups excluding carboxylic acids is 2. The number of halogens is 2. The van der Waals surface area contributed by atoms with Crippen molar-refractivity contribution in [3.05, 3.63) is 57.0 Å². The Balaban J connectivity index is 2.09. The smallest absolute Gasteiger partial charge is 0.344 e. The lowest BCUT2D eigenvalue weighted by molar-refractivity contribution is -0.145. The Labute approximate surface area is 175 Å². The first-order valence-corrected chi connectivity index (χ1v) is 9.37. The van der Waals surface area contributed by atoms with E-state index in [9.17, 15) is 9.59 Å². The summed E-state index contributed by atoms with van der Waals surface area (Å²) < 4.78 is 16.1. The molecule has 0 aromatic heterocycles. The first kappa shape index (κ1) is 21.7. The zero-order chi connectivity index (χ0) is 20.5. The predicted molar refractivity (Wildman–Crippen MR) is 109 cm³/mol. The van der Waals surface area contributed by atoms with E-state index < -0.39 is 5.97 Å². The van der Waals surface area contributed by atoms with Crippen LogP contribution in [-0.4, -0.2) is 38.4 Å². The van der Waals surface area contributed by atoms with Gasteiger partial charge in [0.25, 0.3) is 5.91 Å². The Kier molecular flexibility index (Phi) is 8.28. The average molecular weight is 470 g/mol. The van der Waals surface area contributed by atoms with Crippen LogP contribution in [0.15, 0.2) is 46.0 Å². The third-order valence-corrected chi connectivity index (χ3v) is 4.36. The van der Waals surface area contributed by atoms with Crippen LogP contribution >= 0.6 is 27.5 Å². The van der Waals surface area contributed by atoms with E-state index in [-0.39, 0.29) is 29.9 Å². The number of hydrogen-bond donors (Lipinski definition) is 1. The second kappa shape index (κ2) is 10.7. The molecule has 0 aliphatic carbocycles. The second-order valence-electron chi connectivity index (χ2n) is 5.31. The Morgan fingerprint density at radius 1 is 1.29 bits per heavy atom. The summed E-state index contributed by atoms with van der Waals surface area (Å²) in [6.45, 7) is 1.67. The standard InChI is InChI=1S/C19H18BrClN2O5/c1-3-27-17(24)11-28-18-15(21)8-12(9-16(18)26-2)10-22-23-19(25)13-6-4-5-7-14(13)20/h4-10H,3,11H2,1-2H3,(H,23,25)/b22-10-. The van der Waals surface area contributed by atoms with Crippen molar-refractivity contribution in [2.75, 3.05) is 20.3 Å². The molecule has 0 aliphatic rings. The van der Waals surface area contributed by atoms with Crippen LogP contribution in [0.3, 0.4) is 0 Å². The van der Waals surface area contributed by atoms with Gasteiger partial charge in [-0.25, -0.2) is 10.2 Å². The number of nitrogens with zero attached hydrogens (tertiary/aromatic N) is 1. The largest absolute Gasteiger partial charge is 0.493 e. The molecule has 2 rings (SSSR count). The zero-order valence-electron chi connectivity index (χ0n) is 15.2. The molecule has 2 aromatic rings. The molecule has 7 nitrogen and oxygen atoms in total. The number of carbonyl (C=O) groups is 2. The van der Waals surface area contributed by atoms with Gasteiger partial charge >= 0.3 is 5.97 Å². The third-order valence-electron chi connectivity index (χ3n) is 3.39. The fourth-order valence-electron chi connectivity index (χ4n) is 2.16. The third kappa shape index (κ3) is 5.97. The SMILES string of the molecule is CCOC(=O)COc1c(Cl)cc(/C=N\NC(=O)c2ccccc2Br)cc1OC. The van der Waals surface area contributed by atoms with Crippen molar-refractivity contribution >= 4 is 45.6 Å². The monoisotopic (exact) mass is 468 g/mol. The van der Waals surface area contributed by atoms with Gasteiger partial charge in [0.2, 0.25) is 0 Å². The molecule has 0 fully saturated rings. The quantitative estimate of drug-likeness (QED) is 0.361. The molecule has 0 saturated heterocycles. The summed E-state index contributed by atoms with van der Waals surface area (Å²) in [5, 5.41) is 4.15. The number of ether oxygens (including phenoxy) is 3. The van der Waals surface area contributed by atoms with Crippen LogP contribution in [-0.2, 0) is 9.53 Å². The minimum Gasteiger partial charge on any atom is -0.493 e. The van der Waals surface area contributed by atoms with Crippen molar-refractivity contribution in [3.63, 3.8) is 0 Å². The predicted octanol–water partition coefficient (Wildman–Crippen LogP) is 3.82. The second-order valence-corrected chi connectivity index (χ2v) is 6.57. The number of rotatable bonds is 8. The Morgan fingerprint density at radius 3 is 2.71 bits per heavy atom. The summed E-state index contributed by atoms with van der Waals surface area (Å²) in [5.41, 5.74) is 3.46. The summed E-state index contributed by atoms with van der Waals surface area (Å²) >= 11 is 9.53. The zero-order valence-corrected chi connectivity index (χ0v) is 17.5. The van der Waals surface area contributed by atoms with Crippen molar-refractivity contribution in [1.29, 1.82) is 0 Å². The molecule has 28 heavy (non-hydrogen) atoms. The van der Waals surface area contributed by atoms with Crippen LogP contribution in [0.5, 0.6) is 11.5 Å². The van der Waals surface area contributed by atoms with E-state index in [1.807, 2.05) is 6.07 Å². The Morgan fingerprint density at radius 2 is 2.04 bits per heavy atom. The Bertz CT molecular complexity index is 889. The number of benzene rings is 2. The van der Waals surface area contributed by atoms with E-state index in [0.29, 0.717) is 21.3 Å². The van der Waals surface area contributed by atoms with Gasteiger partial charge in [-0.05, 0) is 52.7 Å². The molecular weight excluding hydrogens is 452 g/mol. The van der Waals surface area contributed by atoms with Gasteiger partial charge in [-0.2, -0.15) is 5.10 Å². The minimum atomic E-state index is -0.513. The summed E-state index contributed by atoms with van der Waals surface area (Å²) in [5.74, 6) is -0.348. The van der Waals surface area contributed by atoms with E-state index in [1.54, 1.807) is 37.3 Å². The van der Waals surface area contributed by atoms with Crippen LogP contribution in [0.25, 0.3) is 0 Å². The number of hydrazone groups is 1. The highest BCUT2D eigenvalue weighted by Crippen LogP contribution is 2.36. The first-order chi connectivity index (χ1) is 13.5. The van der Waals surface area contributed by atoms with Gasteiger partial charge in [-0.1, -0.05) is 23.7 Å². The van der Waals surface area contributed by atoms with E-state index in [4.69, 9.17) is 25.8 Å². The highest BCUT2D eigenvalue weighted by atomic mass is 79.9. The maximum absolute atomic E-state index is 12.1. The minimum absolute atomic E-state index is 0.214. The lowest BCUT2D eigenvalue weighted by Gasteiger charge is -2.12. The van der Waals surface area contributed by atoms with Gasteiger partial charge in [0.1, 0.15) is 0 Å². The first-order valence-electron chi connectivity index (χ1n) is 8.20. The van der Waals surface area contributed by atoms with Crippen LogP contribution in [0.1, 0.15) is 22.8 Å². The maximum Gasteiger partial charge on any atom is 0.344 e. The van der Waals surface area contributed by atoms with Crippen LogP contribution in [0.2, 0.25) is 5.02 Å². The van der Waals surface area contributed by atoms with E-state index in [1.165, 1.54) is 13.3 Å². The van der Waals surface area contributed by atoms with Crippen molar-refractivity contribution in [3.8, 4) is 11.5 Å². The highest BCUT2D eigenvalue weighted by Gasteiger charge is 2.14. The molecule has 0 spiro atoms. The summed E-state index contributed by atoms with van der Waals surface area (Å²) in [7, 11) is 1.44. The van der Waals surface area contributed by atoms with Crippen molar-refractivity contribution in [1.82, 2.24) is 5.43 Å². The molecule has 1 N–H and O–H groups in total. The number of nitrogens with one attached hydrogen (secondary N) is 1. The van der Waals surface area contributed by atoms with Gasteiger partial charge in [0, 0.05) is 4.47 Å². The average Bonchev–Trinajstić information content (AvgIpc) is 2.67. The number of amides is 1. The van der Waals surface area contributed by atoms with Gasteiger partial charge < -0.3 is 14.2 Å². The van der Waals surface area contributed by atoms with Crippen LogP contribution in [0.4, 0.5) is 0 Å². The molecule has 0 saturated carbocycles. The molecule has 9 heteroatoms. The molecule has 148 valence electrons. The van der Waals surface area contributed by atoms with Crippen LogP contribution < -0.4 is 14.9 Å². The number of methoxy groups -OCH3 is 1. The van der Waals surface area contributed by atoms with Crippen molar-refractivity contribution in [2.24, 2.45) is 5.10 Å². The molecule has 0 bridgehead atoms. The molecule has 0 unspecified atom stereocenters. The van der Waals surface area contributed by atoms with E-state index in [0.717, 1.165) is 0 Å². The molecule has 0 aliphatic heterocycles. The fourth-order valence-corrected chi connectivity index (χ4v) is 2.90. The van der Waals surface area contributed by atoms with Gasteiger partial charge in [-0.15, -0.1) is 0 Å². The van der Waals surface area contributed by atoms with E-state index in [2.05, 4.69) is 26.5 Å². The Hall–Kier alpha value is -2.58. The molecule has 2 aromatic carbocycles. The van der Waals surface area contributed by atoms with Crippen molar-refractivity contribution in [2.45, 2.75) is 6.92 Å².